The Morgan fingerprint density at radius 3 is 2.68 bits per heavy atom. The summed E-state index contributed by atoms with van der Waals surface area (Å²) in [6.07, 6.45) is 1.72. The minimum Gasteiger partial charge on any atom is -0.375 e. The maximum Gasteiger partial charge on any atom is 0.283 e. The monoisotopic (exact) mass is 632 g/mol. The zero-order valence-electron chi connectivity index (χ0n) is 24.8. The molecule has 0 radical (unpaired) electrons. The summed E-state index contributed by atoms with van der Waals surface area (Å²) in [5.41, 5.74) is 10.00. The molecular formula is C31H30ClFN8O2S. The third kappa shape index (κ3) is 4.11. The summed E-state index contributed by atoms with van der Waals surface area (Å²) in [5, 5.41) is 4.52. The molecule has 2 atom stereocenters. The molecule has 6 heterocycles. The second-order valence-electron chi connectivity index (χ2n) is 11.7. The van der Waals surface area contributed by atoms with E-state index < -0.39 is 17.4 Å². The van der Waals surface area contributed by atoms with Crippen LogP contribution in [0.1, 0.15) is 37.9 Å². The summed E-state index contributed by atoms with van der Waals surface area (Å²) in [7, 11) is 1.64. The smallest absolute Gasteiger partial charge is 0.283 e. The highest BCUT2D eigenvalue weighted by atomic mass is 35.5. The van der Waals surface area contributed by atoms with Crippen LogP contribution in [-0.4, -0.2) is 57.6 Å². The molecule has 3 N–H and O–H groups in total. The number of hydrogen-bond acceptors (Lipinski definition) is 9. The predicted octanol–water partition coefficient (Wildman–Crippen LogP) is 5.01. The molecule has 0 aliphatic carbocycles. The average Bonchev–Trinajstić information content (AvgIpc) is 3.38. The molecule has 1 saturated heterocycles. The van der Waals surface area contributed by atoms with E-state index in [1.54, 1.807) is 29.9 Å². The van der Waals surface area contributed by atoms with Gasteiger partial charge in [0, 0.05) is 43.3 Å². The molecule has 0 spiro atoms. The molecule has 13 heteroatoms. The highest BCUT2D eigenvalue weighted by molar-refractivity contribution is 7.22. The van der Waals surface area contributed by atoms with Crippen LogP contribution in [0.15, 0.2) is 35.3 Å². The minimum absolute atomic E-state index is 0.0238. The van der Waals surface area contributed by atoms with Crippen LogP contribution >= 0.6 is 22.9 Å². The van der Waals surface area contributed by atoms with Crippen molar-refractivity contribution in [2.24, 2.45) is 0 Å². The summed E-state index contributed by atoms with van der Waals surface area (Å²) in [5.74, 6) is -0.693. The molecule has 5 aromatic rings. The number of fused-ring (bicyclic) bond motifs is 6. The van der Waals surface area contributed by atoms with Crippen molar-refractivity contribution in [1.82, 2.24) is 24.8 Å². The van der Waals surface area contributed by atoms with Crippen molar-refractivity contribution >= 4 is 66.6 Å². The highest BCUT2D eigenvalue weighted by Crippen LogP contribution is 2.44. The normalized spacial score (nSPS) is 18.4. The summed E-state index contributed by atoms with van der Waals surface area (Å²) in [6, 6.07) is 6.14. The van der Waals surface area contributed by atoms with Crippen LogP contribution in [0.5, 0.6) is 0 Å². The van der Waals surface area contributed by atoms with Crippen molar-refractivity contribution in [2.45, 2.75) is 45.7 Å². The van der Waals surface area contributed by atoms with E-state index >= 15 is 0 Å². The third-order valence-electron chi connectivity index (χ3n) is 8.49. The van der Waals surface area contributed by atoms with Crippen LogP contribution < -0.4 is 26.4 Å². The number of nitrogens with two attached hydrogens (primary N) is 1. The minimum atomic E-state index is -0.501. The number of nitrogen functional groups attached to an aromatic ring is 1. The highest BCUT2D eigenvalue weighted by Gasteiger charge is 2.43. The fourth-order valence-corrected chi connectivity index (χ4v) is 7.53. The number of benzene rings is 1. The predicted molar refractivity (Wildman–Crippen MR) is 174 cm³/mol. The van der Waals surface area contributed by atoms with E-state index in [0.29, 0.717) is 62.2 Å². The fraction of sp³-hybridized carbons (Fsp3) is 0.323. The van der Waals surface area contributed by atoms with Crippen LogP contribution in [0.2, 0.25) is 5.02 Å². The molecule has 226 valence electrons. The number of aromatic nitrogens is 4. The van der Waals surface area contributed by atoms with Crippen LogP contribution in [0, 0.1) is 12.7 Å². The van der Waals surface area contributed by atoms with E-state index in [4.69, 9.17) is 22.3 Å². The second kappa shape index (κ2) is 10.2. The number of carbonyl (C=O) groups excluding carboxylic acids is 1. The Hall–Kier alpha value is -4.13. The number of rotatable bonds is 3. The number of thiazole rings is 1. The van der Waals surface area contributed by atoms with Gasteiger partial charge in [-0.2, -0.15) is 0 Å². The molecule has 2 aliphatic heterocycles. The van der Waals surface area contributed by atoms with Crippen molar-refractivity contribution in [1.29, 1.82) is 0 Å². The lowest BCUT2D eigenvalue weighted by Crippen LogP contribution is -2.64. The van der Waals surface area contributed by atoms with Gasteiger partial charge in [0.25, 0.3) is 11.5 Å². The van der Waals surface area contributed by atoms with E-state index in [2.05, 4.69) is 15.3 Å². The first-order chi connectivity index (χ1) is 21.0. The molecule has 0 saturated carbocycles. The first kappa shape index (κ1) is 28.6. The van der Waals surface area contributed by atoms with Gasteiger partial charge in [-0.15, -0.1) is 0 Å². The Bertz CT molecular complexity index is 2090. The first-order valence-corrected chi connectivity index (χ1v) is 15.5. The molecule has 0 unspecified atom stereocenters. The Kier molecular flexibility index (Phi) is 6.65. The van der Waals surface area contributed by atoms with Gasteiger partial charge in [0.1, 0.15) is 28.7 Å². The van der Waals surface area contributed by atoms with Crippen LogP contribution in [-0.2, 0) is 4.79 Å². The lowest BCUT2D eigenvalue weighted by Gasteiger charge is -2.46. The summed E-state index contributed by atoms with van der Waals surface area (Å²) < 4.78 is 16.8. The average molecular weight is 633 g/mol. The van der Waals surface area contributed by atoms with Gasteiger partial charge in [0.2, 0.25) is 0 Å². The quantitative estimate of drug-likeness (QED) is 0.285. The number of hydrogen-bond donors (Lipinski definition) is 2. The Morgan fingerprint density at radius 1 is 1.16 bits per heavy atom. The Morgan fingerprint density at radius 2 is 1.93 bits per heavy atom. The van der Waals surface area contributed by atoms with Crippen molar-refractivity contribution in [2.75, 3.05) is 35.7 Å². The van der Waals surface area contributed by atoms with Crippen LogP contribution in [0.25, 0.3) is 38.2 Å². The van der Waals surface area contributed by atoms with Gasteiger partial charge in [-0.3, -0.25) is 19.1 Å². The van der Waals surface area contributed by atoms with E-state index in [-0.39, 0.29) is 34.2 Å². The standard InChI is InChI=1S/C31H30ClFN8O2S/c1-13(2)21-24(14(3)8-9-35-21)41-28-17(25-26(30(41)43)39(5)29(42)20-11-36-15(4)12-40(20)25)10-18(32)22(37-28)16-6-7-19(33)23-27(16)44-31(34)38-23/h6-10,13,15,20,36H,11-12H2,1-5H3,(H2,34,38)/t15-,20-/m1/s1. The fourth-order valence-electron chi connectivity index (χ4n) is 6.42. The molecule has 1 aromatic carbocycles. The number of amides is 1. The van der Waals surface area contributed by atoms with Crippen molar-refractivity contribution < 1.29 is 9.18 Å². The van der Waals surface area contributed by atoms with E-state index in [0.717, 1.165) is 16.9 Å². The van der Waals surface area contributed by atoms with Gasteiger partial charge < -0.3 is 20.9 Å². The SMILES string of the molecule is Cc1ccnc(C(C)C)c1-n1c(=O)c2c(c3cc(Cl)c(-c4ccc(F)c5nc(N)sc45)nc31)N1C[C@@H](C)NC[C@@H]1C(=O)N2C. The lowest BCUT2D eigenvalue weighted by molar-refractivity contribution is -0.120. The van der Waals surface area contributed by atoms with Gasteiger partial charge in [0.05, 0.1) is 32.5 Å². The number of likely N-dealkylation sites (N-methyl/N-ethyl adjacent to an activating group) is 1. The first-order valence-electron chi connectivity index (χ1n) is 14.4. The second-order valence-corrected chi connectivity index (χ2v) is 13.2. The number of halogens is 2. The summed E-state index contributed by atoms with van der Waals surface area (Å²) in [4.78, 5) is 45.9. The van der Waals surface area contributed by atoms with Crippen LogP contribution in [0.3, 0.4) is 0 Å². The number of nitrogens with one attached hydrogen (secondary N) is 1. The number of carbonyl (C=O) groups is 1. The van der Waals surface area contributed by atoms with Crippen molar-refractivity contribution in [3.63, 3.8) is 0 Å². The molecule has 10 nitrogen and oxygen atoms in total. The van der Waals surface area contributed by atoms with Crippen molar-refractivity contribution in [3.8, 4) is 16.9 Å². The van der Waals surface area contributed by atoms with Gasteiger partial charge in [0.15, 0.2) is 5.13 Å². The maximum atomic E-state index is 14.8. The maximum absolute atomic E-state index is 14.8. The zero-order valence-corrected chi connectivity index (χ0v) is 26.3. The number of piperazine rings is 1. The summed E-state index contributed by atoms with van der Waals surface area (Å²) in [6.45, 7) is 8.94. The molecule has 2 aliphatic rings. The Labute approximate surface area is 261 Å². The lowest BCUT2D eigenvalue weighted by atomic mass is 9.99. The number of aryl methyl sites for hydroxylation is 1. The van der Waals surface area contributed by atoms with E-state index in [9.17, 15) is 14.0 Å². The van der Waals surface area contributed by atoms with Gasteiger partial charge in [-0.05, 0) is 49.6 Å². The molecular weight excluding hydrogens is 603 g/mol. The molecule has 0 bridgehead atoms. The van der Waals surface area contributed by atoms with Gasteiger partial charge in [-0.1, -0.05) is 36.8 Å². The number of anilines is 3. The molecule has 1 amide bonds. The zero-order chi connectivity index (χ0) is 31.2. The van der Waals surface area contributed by atoms with E-state index in [1.165, 1.54) is 11.0 Å². The molecule has 4 aromatic heterocycles. The van der Waals surface area contributed by atoms with Gasteiger partial charge in [-0.25, -0.2) is 14.4 Å². The molecule has 1 fully saturated rings. The van der Waals surface area contributed by atoms with Crippen LogP contribution in [0.4, 0.5) is 20.9 Å². The Balaban J connectivity index is 1.65. The topological polar surface area (TPSA) is 122 Å². The third-order valence-corrected chi connectivity index (χ3v) is 9.69. The van der Waals surface area contributed by atoms with Gasteiger partial charge >= 0.3 is 0 Å². The number of pyridine rings is 3. The van der Waals surface area contributed by atoms with E-state index in [1.807, 2.05) is 38.7 Å². The van der Waals surface area contributed by atoms with Crippen molar-refractivity contribution in [3.05, 3.63) is 62.9 Å². The summed E-state index contributed by atoms with van der Waals surface area (Å²) >= 11 is 8.18. The molecule has 44 heavy (non-hydrogen) atoms. The number of nitrogens with zero attached hydrogens (tertiary/aromatic N) is 6. The largest absolute Gasteiger partial charge is 0.375 e. The molecule has 7 rings (SSSR count).